The molecule has 0 bridgehead atoms. The second-order valence-corrected chi connectivity index (χ2v) is 15.4. The molecular formula is C43H50F2N6O5. The van der Waals surface area contributed by atoms with Crippen molar-refractivity contribution in [2.75, 3.05) is 14.1 Å². The van der Waals surface area contributed by atoms with Crippen LogP contribution in [0.3, 0.4) is 0 Å². The number of aromatic nitrogens is 1. The van der Waals surface area contributed by atoms with E-state index in [0.29, 0.717) is 43.0 Å². The highest BCUT2D eigenvalue weighted by atomic mass is 19.3. The van der Waals surface area contributed by atoms with Gasteiger partial charge in [0, 0.05) is 54.2 Å². The minimum atomic E-state index is -3.06. The average molecular weight is 769 g/mol. The first-order chi connectivity index (χ1) is 26.7. The highest BCUT2D eigenvalue weighted by Crippen LogP contribution is 2.34. The molecule has 2 aliphatic rings. The molecule has 0 spiro atoms. The number of fused-ring (bicyclic) bond motifs is 2. The van der Waals surface area contributed by atoms with Crippen LogP contribution in [0.15, 0.2) is 84.9 Å². The molecule has 0 radical (unpaired) electrons. The lowest BCUT2D eigenvalue weighted by Gasteiger charge is -2.39. The number of hydrogen-bond donors (Lipinski definition) is 4. The maximum absolute atomic E-state index is 14.5. The topological polar surface area (TPSA) is 158 Å². The number of benzene rings is 3. The first-order valence-electron chi connectivity index (χ1n) is 19.2. The number of H-pyrrole nitrogens is 1. The zero-order valence-electron chi connectivity index (χ0n) is 32.0. The fourth-order valence-electron chi connectivity index (χ4n) is 8.18. The van der Waals surface area contributed by atoms with Gasteiger partial charge in [0.05, 0.1) is 6.04 Å². The van der Waals surface area contributed by atoms with Gasteiger partial charge in [-0.25, -0.2) is 8.78 Å². The van der Waals surface area contributed by atoms with Crippen LogP contribution < -0.4 is 16.4 Å². The van der Waals surface area contributed by atoms with Crippen molar-refractivity contribution >= 4 is 40.3 Å². The zero-order chi connectivity index (χ0) is 40.1. The van der Waals surface area contributed by atoms with Crippen molar-refractivity contribution in [3.05, 3.63) is 107 Å². The molecule has 2 saturated heterocycles. The molecule has 2 aliphatic heterocycles. The van der Waals surface area contributed by atoms with E-state index in [-0.39, 0.29) is 54.3 Å². The van der Waals surface area contributed by atoms with E-state index >= 15 is 0 Å². The minimum absolute atomic E-state index is 0.00355. The molecule has 5 atom stereocenters. The first kappa shape index (κ1) is 40.2. The summed E-state index contributed by atoms with van der Waals surface area (Å²) in [6.07, 6.45) is 2.37. The van der Waals surface area contributed by atoms with Crippen LogP contribution >= 0.6 is 0 Å². The Morgan fingerprint density at radius 3 is 2.20 bits per heavy atom. The number of carbonyl (C=O) groups excluding carboxylic acids is 5. The van der Waals surface area contributed by atoms with Crippen LogP contribution in [-0.2, 0) is 25.1 Å². The second kappa shape index (κ2) is 17.2. The Labute approximate surface area is 325 Å². The lowest BCUT2D eigenvalue weighted by molar-refractivity contribution is -0.143. The predicted octanol–water partition coefficient (Wildman–Crippen LogP) is 5.39. The van der Waals surface area contributed by atoms with Crippen molar-refractivity contribution in [2.45, 2.75) is 100 Å². The van der Waals surface area contributed by atoms with Gasteiger partial charge in [0.1, 0.15) is 17.8 Å². The average Bonchev–Trinajstić information content (AvgIpc) is 3.80. The number of Topliss-reactive ketones (excluding diaryl/α,β-unsaturated/α-hetero) is 1. The number of carbonyl (C=O) groups is 5. The van der Waals surface area contributed by atoms with Crippen LogP contribution in [0.2, 0.25) is 0 Å². The van der Waals surface area contributed by atoms with Crippen molar-refractivity contribution in [2.24, 2.45) is 5.73 Å². The van der Waals surface area contributed by atoms with E-state index in [4.69, 9.17) is 5.73 Å². The Kier molecular flexibility index (Phi) is 12.3. The zero-order valence-corrected chi connectivity index (χ0v) is 32.0. The number of hydrogen-bond acceptors (Lipinski definition) is 6. The lowest BCUT2D eigenvalue weighted by atomic mass is 9.85. The summed E-state index contributed by atoms with van der Waals surface area (Å²) in [6.45, 7) is 0.807. The van der Waals surface area contributed by atoms with Crippen molar-refractivity contribution < 1.29 is 32.8 Å². The molecule has 56 heavy (non-hydrogen) atoms. The number of primary amides is 1. The van der Waals surface area contributed by atoms with Gasteiger partial charge in [-0.1, -0.05) is 66.7 Å². The summed E-state index contributed by atoms with van der Waals surface area (Å²) in [7, 11) is 3.91. The molecule has 3 heterocycles. The van der Waals surface area contributed by atoms with Crippen molar-refractivity contribution in [3.63, 3.8) is 0 Å². The maximum Gasteiger partial charge on any atom is 0.270 e. The highest BCUT2D eigenvalue weighted by Gasteiger charge is 2.46. The number of rotatable bonds is 14. The molecule has 4 aromatic rings. The van der Waals surface area contributed by atoms with Gasteiger partial charge in [-0.15, -0.1) is 0 Å². The van der Waals surface area contributed by atoms with Gasteiger partial charge >= 0.3 is 0 Å². The Hall–Kier alpha value is -5.43. The smallest absolute Gasteiger partial charge is 0.270 e. The molecule has 6 rings (SSSR count). The molecule has 11 nitrogen and oxygen atoms in total. The molecule has 296 valence electrons. The maximum atomic E-state index is 14.5. The quantitative estimate of drug-likeness (QED) is 0.135. The van der Waals surface area contributed by atoms with Gasteiger partial charge in [-0.05, 0) is 81.9 Å². The monoisotopic (exact) mass is 768 g/mol. The summed E-state index contributed by atoms with van der Waals surface area (Å²) in [5, 5.41) is 6.21. The number of amides is 4. The Bertz CT molecular complexity index is 2010. The molecule has 2 fully saturated rings. The minimum Gasteiger partial charge on any atom is -0.370 e. The summed E-state index contributed by atoms with van der Waals surface area (Å²) >= 11 is 0. The molecule has 1 aromatic heterocycles. The molecule has 5 N–H and O–H groups in total. The lowest BCUT2D eigenvalue weighted by Crippen LogP contribution is -2.59. The van der Waals surface area contributed by atoms with E-state index < -0.39 is 47.7 Å². The number of nitrogens with one attached hydrogen (secondary N) is 3. The molecule has 0 saturated carbocycles. The second-order valence-electron chi connectivity index (χ2n) is 15.4. The normalized spacial score (nSPS) is 20.7. The van der Waals surface area contributed by atoms with Crippen LogP contribution in [0.1, 0.15) is 91.4 Å². The SMILES string of the molecule is CN(C)[C@H]1CC[C@H](NC(=O)c2cc3cc(C(C)(F)F)ccc3[nH]2)C(=O)N2[C@H](CC[C@H]2C(=O)N[C@@H](CCC(N)=O)C(=O)CC(c2ccccc2)c2ccccc2)C1. The fraction of sp³-hybridized carbons (Fsp3) is 0.419. The highest BCUT2D eigenvalue weighted by molar-refractivity contribution is 6.01. The van der Waals surface area contributed by atoms with Gasteiger partial charge in [0.25, 0.3) is 11.8 Å². The van der Waals surface area contributed by atoms with Crippen molar-refractivity contribution in [1.82, 2.24) is 25.4 Å². The number of halogens is 2. The predicted molar refractivity (Wildman–Crippen MR) is 209 cm³/mol. The molecule has 3 aromatic carbocycles. The van der Waals surface area contributed by atoms with Crippen LogP contribution in [0, 0.1) is 0 Å². The van der Waals surface area contributed by atoms with Crippen LogP contribution in [0.25, 0.3) is 10.9 Å². The molecule has 4 amide bonds. The van der Waals surface area contributed by atoms with E-state index in [1.807, 2.05) is 74.8 Å². The van der Waals surface area contributed by atoms with Gasteiger partial charge in [0.2, 0.25) is 17.7 Å². The van der Waals surface area contributed by atoms with Gasteiger partial charge < -0.3 is 31.2 Å². The molecular weight excluding hydrogens is 719 g/mol. The molecule has 0 aliphatic carbocycles. The first-order valence-corrected chi connectivity index (χ1v) is 19.2. The summed E-state index contributed by atoms with van der Waals surface area (Å²) in [6, 6.07) is 21.6. The largest absolute Gasteiger partial charge is 0.370 e. The Balaban J connectivity index is 1.23. The molecule has 0 unspecified atom stereocenters. The van der Waals surface area contributed by atoms with E-state index in [9.17, 15) is 32.8 Å². The third-order valence-corrected chi connectivity index (χ3v) is 11.3. The van der Waals surface area contributed by atoms with E-state index in [1.165, 1.54) is 24.3 Å². The third-order valence-electron chi connectivity index (χ3n) is 11.3. The van der Waals surface area contributed by atoms with Gasteiger partial charge in [0.15, 0.2) is 5.78 Å². The third kappa shape index (κ3) is 9.32. The van der Waals surface area contributed by atoms with E-state index in [0.717, 1.165) is 18.1 Å². The van der Waals surface area contributed by atoms with E-state index in [1.54, 1.807) is 4.90 Å². The van der Waals surface area contributed by atoms with Crippen LogP contribution in [-0.4, -0.2) is 88.5 Å². The summed E-state index contributed by atoms with van der Waals surface area (Å²) in [5.41, 5.74) is 7.80. The summed E-state index contributed by atoms with van der Waals surface area (Å²) in [5.74, 6) is -5.72. The van der Waals surface area contributed by atoms with Crippen LogP contribution in [0.4, 0.5) is 8.78 Å². The van der Waals surface area contributed by atoms with Crippen LogP contribution in [0.5, 0.6) is 0 Å². The number of alkyl halides is 2. The number of aromatic amines is 1. The van der Waals surface area contributed by atoms with Gasteiger partial charge in [-0.3, -0.25) is 24.0 Å². The standard InChI is InChI=1S/C43H50F2N6O5/c1-43(44,45)29-14-17-33-28(22-29)23-36(47-33)40(54)49-35-18-15-30(50(2)3)24-31-16-20-37(51(31)42(35)56)41(55)48-34(19-21-39(46)53)38(52)25-32(26-10-6-4-7-11-26)27-12-8-5-9-13-27/h4-14,17,22-23,30-32,34-35,37,47H,15-16,18-21,24-25H2,1-3H3,(H2,46,53)(H,48,55)(H,49,54)/t30-,31+,34-,35-,37-/m0/s1. The van der Waals surface area contributed by atoms with Gasteiger partial charge in [-0.2, -0.15) is 0 Å². The van der Waals surface area contributed by atoms with Crippen molar-refractivity contribution in [1.29, 1.82) is 0 Å². The van der Waals surface area contributed by atoms with E-state index in [2.05, 4.69) is 20.5 Å². The number of nitrogens with two attached hydrogens (primary N) is 1. The molecule has 13 heteroatoms. The number of ketones is 1. The summed E-state index contributed by atoms with van der Waals surface area (Å²) < 4.78 is 28.0. The van der Waals surface area contributed by atoms with Crippen molar-refractivity contribution in [3.8, 4) is 0 Å². The number of nitrogens with zero attached hydrogens (tertiary/aromatic N) is 2. The Morgan fingerprint density at radius 1 is 0.929 bits per heavy atom. The summed E-state index contributed by atoms with van der Waals surface area (Å²) in [4.78, 5) is 75.0. The Morgan fingerprint density at radius 2 is 1.59 bits per heavy atom. The fourth-order valence-corrected chi connectivity index (χ4v) is 8.18.